The van der Waals surface area contributed by atoms with Gasteiger partial charge in [-0.25, -0.2) is 0 Å². The Balaban J connectivity index is 1.09. The highest BCUT2D eigenvalue weighted by Crippen LogP contribution is 2.69. The molecule has 1 saturated heterocycles. The number of H-pyrrole nitrogens is 1. The van der Waals surface area contributed by atoms with E-state index in [4.69, 9.17) is 9.47 Å². The van der Waals surface area contributed by atoms with Crippen LogP contribution in [0.1, 0.15) is 33.9 Å². The molecule has 1 aromatic heterocycles. The first-order valence-corrected chi connectivity index (χ1v) is 17.7. The number of aryl methyl sites for hydroxylation is 1. The highest BCUT2D eigenvalue weighted by Gasteiger charge is 2.69. The number of benzene rings is 3. The van der Waals surface area contributed by atoms with Crippen LogP contribution >= 0.6 is 23.1 Å². The predicted octanol–water partition coefficient (Wildman–Crippen LogP) is 6.47. The van der Waals surface area contributed by atoms with Crippen LogP contribution in [0.15, 0.2) is 76.6 Å². The van der Waals surface area contributed by atoms with E-state index in [0.717, 1.165) is 44.4 Å². The van der Waals surface area contributed by atoms with E-state index in [1.54, 1.807) is 12.1 Å². The van der Waals surface area contributed by atoms with Gasteiger partial charge in [0.05, 0.1) is 35.2 Å². The molecule has 2 saturated carbocycles. The average Bonchev–Trinajstić information content (AvgIpc) is 3.82. The third kappa shape index (κ3) is 5.31. The van der Waals surface area contributed by atoms with E-state index in [2.05, 4.69) is 10.3 Å². The summed E-state index contributed by atoms with van der Waals surface area (Å²) in [6.45, 7) is 1.67. The van der Waals surface area contributed by atoms with E-state index < -0.39 is 35.4 Å². The number of fused-ring (bicyclic) bond motifs is 9. The van der Waals surface area contributed by atoms with Crippen LogP contribution in [0.4, 0.5) is 24.5 Å². The number of hydrogen-bond acceptors (Lipinski definition) is 8. The van der Waals surface area contributed by atoms with Gasteiger partial charge in [0.25, 0.3) is 5.91 Å². The average molecular weight is 722 g/mol. The Morgan fingerprint density at radius 2 is 1.74 bits per heavy atom. The predicted molar refractivity (Wildman–Crippen MR) is 181 cm³/mol. The van der Waals surface area contributed by atoms with Crippen molar-refractivity contribution in [2.75, 3.05) is 23.9 Å². The molecular weight excluding hydrogens is 692 g/mol. The molecule has 2 aliphatic carbocycles. The number of thioether (sulfide) groups is 1. The van der Waals surface area contributed by atoms with E-state index in [0.29, 0.717) is 28.6 Å². The van der Waals surface area contributed by atoms with Gasteiger partial charge in [0.2, 0.25) is 11.8 Å². The number of anilines is 2. The third-order valence-electron chi connectivity index (χ3n) is 10.4. The number of rotatable bonds is 7. The van der Waals surface area contributed by atoms with Crippen molar-refractivity contribution in [3.63, 3.8) is 0 Å². The number of thiazole rings is 1. The van der Waals surface area contributed by atoms with Crippen LogP contribution in [-0.2, 0) is 20.6 Å². The van der Waals surface area contributed by atoms with Gasteiger partial charge >= 0.3 is 11.0 Å². The molecule has 50 heavy (non-hydrogen) atoms. The Bertz CT molecular complexity index is 2110. The van der Waals surface area contributed by atoms with Crippen molar-refractivity contribution in [1.82, 2.24) is 4.98 Å². The largest absolute Gasteiger partial charge is 0.493 e. The third-order valence-corrected chi connectivity index (χ3v) is 13.0. The summed E-state index contributed by atoms with van der Waals surface area (Å²) in [6.07, 6.45) is -4.01. The summed E-state index contributed by atoms with van der Waals surface area (Å²) in [5, 5.41) is 3.41. The number of hydrogen-bond donors (Lipinski definition) is 2. The fraction of sp³-hybridized carbons (Fsp3) is 0.333. The zero-order chi connectivity index (χ0) is 35.1. The van der Waals surface area contributed by atoms with Crippen molar-refractivity contribution in [2.45, 2.75) is 35.7 Å². The van der Waals surface area contributed by atoms with Crippen LogP contribution in [0.2, 0.25) is 0 Å². The molecule has 14 heteroatoms. The summed E-state index contributed by atoms with van der Waals surface area (Å²) >= 11 is 2.62. The van der Waals surface area contributed by atoms with Crippen LogP contribution in [0.3, 0.4) is 0 Å². The van der Waals surface area contributed by atoms with Gasteiger partial charge < -0.3 is 19.8 Å². The monoisotopic (exact) mass is 721 g/mol. The molecule has 2 aliphatic heterocycles. The number of nitrogens with zero attached hydrogens (tertiary/aromatic N) is 1. The first kappa shape index (κ1) is 32.6. The van der Waals surface area contributed by atoms with E-state index in [1.165, 1.54) is 31.0 Å². The van der Waals surface area contributed by atoms with E-state index in [9.17, 15) is 32.3 Å². The zero-order valence-corrected chi connectivity index (χ0v) is 28.3. The number of carbonyl (C=O) groups is 3. The molecule has 7 atom stereocenters. The summed E-state index contributed by atoms with van der Waals surface area (Å²) in [5.74, 6) is -2.81. The second-order valence-electron chi connectivity index (χ2n) is 13.1. The summed E-state index contributed by atoms with van der Waals surface area (Å²) in [6, 6.07) is 17.2. The lowest BCUT2D eigenvalue weighted by atomic mass is 9.68. The van der Waals surface area contributed by atoms with Crippen molar-refractivity contribution in [2.24, 2.45) is 29.6 Å². The van der Waals surface area contributed by atoms with Crippen molar-refractivity contribution in [1.29, 1.82) is 0 Å². The van der Waals surface area contributed by atoms with Crippen molar-refractivity contribution < 1.29 is 37.0 Å². The van der Waals surface area contributed by atoms with Crippen molar-refractivity contribution in [3.05, 3.63) is 98.0 Å². The van der Waals surface area contributed by atoms with Gasteiger partial charge in [-0.05, 0) is 84.7 Å². The molecule has 3 aromatic carbocycles. The lowest BCUT2D eigenvalue weighted by molar-refractivity contribution is -0.137. The number of amides is 3. The molecule has 3 amide bonds. The van der Waals surface area contributed by atoms with Gasteiger partial charge in [0.1, 0.15) is 0 Å². The number of imide groups is 1. The summed E-state index contributed by atoms with van der Waals surface area (Å²) in [5.41, 5.74) is 1.47. The Morgan fingerprint density at radius 3 is 2.48 bits per heavy atom. The van der Waals surface area contributed by atoms with Gasteiger partial charge in [-0.2, -0.15) is 13.2 Å². The molecule has 4 aliphatic rings. The fourth-order valence-electron chi connectivity index (χ4n) is 8.53. The van der Waals surface area contributed by atoms with Gasteiger partial charge in [-0.3, -0.25) is 24.1 Å². The summed E-state index contributed by atoms with van der Waals surface area (Å²) in [7, 11) is 1.49. The van der Waals surface area contributed by atoms with Crippen LogP contribution in [0.5, 0.6) is 11.5 Å². The number of halogens is 3. The SMILES string of the molecule is COc1cc([C@H]2c3sc(=O)[nH]c3SC3C4CC(C5C(=O)N(c6cccc(C(F)(F)F)c6)C(=O)C45)C32)ccc1OCC(=O)Nc1cccc(C)c1. The first-order chi connectivity index (χ1) is 23.9. The Labute approximate surface area is 292 Å². The highest BCUT2D eigenvalue weighted by atomic mass is 32.2. The molecule has 258 valence electrons. The second-order valence-corrected chi connectivity index (χ2v) is 15.3. The number of nitrogens with one attached hydrogen (secondary N) is 2. The molecule has 8 rings (SSSR count). The van der Waals surface area contributed by atoms with Gasteiger partial charge in [0.15, 0.2) is 18.1 Å². The highest BCUT2D eigenvalue weighted by molar-refractivity contribution is 8.00. The van der Waals surface area contributed by atoms with Gasteiger partial charge in [0, 0.05) is 21.7 Å². The molecular formula is C36H30F3N3O6S2. The standard InChI is InChI=1S/C36H30F3N3O6S2/c1-16-5-3-7-19(11-16)40-25(43)15-48-23-10-9-17(12-24(23)47-2)26-27-21-14-22(30(27)49-32-31(26)50-35(46)41-32)29-28(21)33(44)42(34(29)45)20-8-4-6-18(13-20)36(37,38)39/h3-13,21-22,26-30H,14-15H2,1-2H3,(H,40,43)(H,41,46)/t21?,22?,26-,27?,28?,29?,30?/m1/s1. The van der Waals surface area contributed by atoms with E-state index in [-0.39, 0.29) is 52.0 Å². The van der Waals surface area contributed by atoms with Gasteiger partial charge in [-0.1, -0.05) is 35.6 Å². The minimum atomic E-state index is -4.63. The molecule has 6 unspecified atom stereocenters. The smallest absolute Gasteiger partial charge is 0.416 e. The Kier molecular flexibility index (Phi) is 7.86. The number of aromatic amines is 1. The quantitative estimate of drug-likeness (QED) is 0.210. The maximum atomic E-state index is 14.0. The molecule has 0 spiro atoms. The Morgan fingerprint density at radius 1 is 0.980 bits per heavy atom. The summed E-state index contributed by atoms with van der Waals surface area (Å²) in [4.78, 5) is 57.7. The molecule has 0 radical (unpaired) electrons. The second kappa shape index (κ2) is 12.0. The van der Waals surface area contributed by atoms with Crippen LogP contribution in [-0.4, -0.2) is 41.7 Å². The molecule has 3 fully saturated rings. The lowest BCUT2D eigenvalue weighted by Crippen LogP contribution is -2.42. The van der Waals surface area contributed by atoms with Crippen molar-refractivity contribution >= 4 is 52.2 Å². The fourth-order valence-corrected chi connectivity index (χ4v) is 11.4. The number of ether oxygens (including phenoxy) is 2. The minimum Gasteiger partial charge on any atom is -0.493 e. The number of methoxy groups -OCH3 is 1. The van der Waals surface area contributed by atoms with Crippen LogP contribution < -0.4 is 24.6 Å². The number of aromatic nitrogens is 1. The number of carbonyl (C=O) groups excluding carboxylic acids is 3. The number of alkyl halides is 3. The molecule has 2 bridgehead atoms. The van der Waals surface area contributed by atoms with E-state index in [1.807, 2.05) is 37.3 Å². The van der Waals surface area contributed by atoms with Crippen molar-refractivity contribution in [3.8, 4) is 11.5 Å². The minimum absolute atomic E-state index is 0.0767. The Hall–Kier alpha value is -4.56. The van der Waals surface area contributed by atoms with E-state index >= 15 is 0 Å². The normalized spacial score (nSPS) is 26.4. The topological polar surface area (TPSA) is 118 Å². The lowest BCUT2D eigenvalue weighted by Gasteiger charge is -2.43. The zero-order valence-electron chi connectivity index (χ0n) is 26.7. The first-order valence-electron chi connectivity index (χ1n) is 16.0. The molecule has 3 heterocycles. The van der Waals surface area contributed by atoms with Gasteiger partial charge in [-0.15, -0.1) is 11.8 Å². The van der Waals surface area contributed by atoms with Crippen LogP contribution in [0, 0.1) is 36.5 Å². The summed E-state index contributed by atoms with van der Waals surface area (Å²) < 4.78 is 52.2. The molecule has 4 aromatic rings. The molecule has 2 N–H and O–H groups in total. The van der Waals surface area contributed by atoms with Crippen LogP contribution in [0.25, 0.3) is 0 Å². The molecule has 9 nitrogen and oxygen atoms in total. The maximum Gasteiger partial charge on any atom is 0.416 e. The maximum absolute atomic E-state index is 14.0.